The molecule has 3 heteroatoms. The molecule has 1 rings (SSSR count). The lowest BCUT2D eigenvalue weighted by molar-refractivity contribution is -0.126. The maximum absolute atomic E-state index is 12.3. The van der Waals surface area contributed by atoms with E-state index in [1.54, 1.807) is 0 Å². The zero-order valence-corrected chi connectivity index (χ0v) is 13.9. The summed E-state index contributed by atoms with van der Waals surface area (Å²) in [5, 5.41) is 3.10. The molecule has 0 aliphatic rings. The fourth-order valence-corrected chi connectivity index (χ4v) is 2.48. The van der Waals surface area contributed by atoms with E-state index in [0.717, 1.165) is 19.3 Å². The number of rotatable bonds is 7. The van der Waals surface area contributed by atoms with E-state index in [9.17, 15) is 4.79 Å². The van der Waals surface area contributed by atoms with Gasteiger partial charge >= 0.3 is 0 Å². The van der Waals surface area contributed by atoms with E-state index in [1.165, 1.54) is 5.56 Å². The lowest BCUT2D eigenvalue weighted by Gasteiger charge is -2.25. The van der Waals surface area contributed by atoms with Gasteiger partial charge in [-0.2, -0.15) is 0 Å². The number of hydrogen-bond acceptors (Lipinski definition) is 2. The fourth-order valence-electron chi connectivity index (χ4n) is 2.48. The normalized spacial score (nSPS) is 14.5. The van der Waals surface area contributed by atoms with Gasteiger partial charge in [-0.15, -0.1) is 0 Å². The van der Waals surface area contributed by atoms with Crippen molar-refractivity contribution in [2.75, 3.05) is 6.54 Å². The second-order valence-corrected chi connectivity index (χ2v) is 7.13. The number of nitrogens with two attached hydrogens (primary N) is 1. The van der Waals surface area contributed by atoms with E-state index in [0.29, 0.717) is 6.54 Å². The lowest BCUT2D eigenvalue weighted by Crippen LogP contribution is -2.41. The Kier molecular flexibility index (Phi) is 6.90. The molecule has 0 heterocycles. The molecule has 2 atom stereocenters. The quantitative estimate of drug-likeness (QED) is 0.810. The Morgan fingerprint density at radius 3 is 2.38 bits per heavy atom. The molecule has 0 bridgehead atoms. The third kappa shape index (κ3) is 7.28. The van der Waals surface area contributed by atoms with Crippen LogP contribution in [-0.2, 0) is 11.2 Å². The highest BCUT2D eigenvalue weighted by molar-refractivity contribution is 5.79. The van der Waals surface area contributed by atoms with Gasteiger partial charge < -0.3 is 11.1 Å². The summed E-state index contributed by atoms with van der Waals surface area (Å²) in [5.74, 6) is -0.00263. The van der Waals surface area contributed by atoms with E-state index >= 15 is 0 Å². The molecule has 3 nitrogen and oxygen atoms in total. The summed E-state index contributed by atoms with van der Waals surface area (Å²) >= 11 is 0. The van der Waals surface area contributed by atoms with Crippen LogP contribution in [0.25, 0.3) is 0 Å². The molecular formula is C18H30N2O. The largest absolute Gasteiger partial charge is 0.353 e. The van der Waals surface area contributed by atoms with Crippen LogP contribution in [0.2, 0.25) is 0 Å². The molecule has 0 saturated carbocycles. The molecule has 0 saturated heterocycles. The van der Waals surface area contributed by atoms with Crippen LogP contribution in [-0.4, -0.2) is 18.5 Å². The van der Waals surface area contributed by atoms with Crippen molar-refractivity contribution >= 4 is 5.91 Å². The van der Waals surface area contributed by atoms with E-state index < -0.39 is 0 Å². The summed E-state index contributed by atoms with van der Waals surface area (Å²) < 4.78 is 0. The molecule has 0 radical (unpaired) electrons. The van der Waals surface area contributed by atoms with Crippen molar-refractivity contribution < 1.29 is 4.79 Å². The van der Waals surface area contributed by atoms with Gasteiger partial charge in [-0.05, 0) is 37.2 Å². The minimum atomic E-state index is -0.0934. The second-order valence-electron chi connectivity index (χ2n) is 7.13. The Hall–Kier alpha value is -1.35. The minimum absolute atomic E-state index is 0.0907. The van der Waals surface area contributed by atoms with Crippen molar-refractivity contribution in [3.8, 4) is 0 Å². The van der Waals surface area contributed by atoms with Gasteiger partial charge in [0.1, 0.15) is 0 Å². The average Bonchev–Trinajstić information content (AvgIpc) is 2.42. The molecule has 0 aliphatic heterocycles. The third-order valence-electron chi connectivity index (χ3n) is 3.61. The van der Waals surface area contributed by atoms with Crippen LogP contribution in [0.5, 0.6) is 0 Å². The molecule has 2 unspecified atom stereocenters. The third-order valence-corrected chi connectivity index (χ3v) is 3.61. The average molecular weight is 290 g/mol. The Morgan fingerprint density at radius 2 is 1.86 bits per heavy atom. The molecule has 1 aromatic carbocycles. The monoisotopic (exact) mass is 290 g/mol. The second kappa shape index (κ2) is 8.18. The smallest absolute Gasteiger partial charge is 0.224 e. The predicted octanol–water partition coefficient (Wildman–Crippen LogP) is 3.14. The van der Waals surface area contributed by atoms with Gasteiger partial charge in [-0.25, -0.2) is 0 Å². The van der Waals surface area contributed by atoms with Crippen molar-refractivity contribution in [1.29, 1.82) is 0 Å². The summed E-state index contributed by atoms with van der Waals surface area (Å²) in [7, 11) is 0. The van der Waals surface area contributed by atoms with Crippen LogP contribution in [0.15, 0.2) is 30.3 Å². The van der Waals surface area contributed by atoms with Gasteiger partial charge in [0.15, 0.2) is 0 Å². The van der Waals surface area contributed by atoms with Gasteiger partial charge in [0.25, 0.3) is 0 Å². The van der Waals surface area contributed by atoms with Crippen molar-refractivity contribution in [1.82, 2.24) is 5.32 Å². The zero-order chi connectivity index (χ0) is 15.9. The van der Waals surface area contributed by atoms with Crippen LogP contribution in [0.1, 0.15) is 46.1 Å². The number of carbonyl (C=O) groups is 1. The lowest BCUT2D eigenvalue weighted by atomic mass is 9.84. The molecule has 3 N–H and O–H groups in total. The minimum Gasteiger partial charge on any atom is -0.353 e. The standard InChI is InChI=1S/C18H30N2O/c1-14(10-11-15-8-6-5-7-9-15)20-17(21)16(13-19)12-18(2,3)4/h5-9,14,16H,10-13,19H2,1-4H3,(H,20,21). The van der Waals surface area contributed by atoms with E-state index in [1.807, 2.05) is 18.2 Å². The van der Waals surface area contributed by atoms with Gasteiger partial charge in [-0.1, -0.05) is 51.1 Å². The first-order valence-corrected chi connectivity index (χ1v) is 7.86. The zero-order valence-electron chi connectivity index (χ0n) is 13.9. The molecule has 21 heavy (non-hydrogen) atoms. The first-order chi connectivity index (χ1) is 9.81. The van der Waals surface area contributed by atoms with Gasteiger partial charge in [0.05, 0.1) is 5.92 Å². The number of aryl methyl sites for hydroxylation is 1. The highest BCUT2D eigenvalue weighted by Gasteiger charge is 2.24. The summed E-state index contributed by atoms with van der Waals surface area (Å²) in [6, 6.07) is 10.5. The number of benzene rings is 1. The summed E-state index contributed by atoms with van der Waals surface area (Å²) in [6.45, 7) is 8.89. The number of carbonyl (C=O) groups excluding carboxylic acids is 1. The molecular weight excluding hydrogens is 260 g/mol. The Balaban J connectivity index is 2.42. The SMILES string of the molecule is CC(CCc1ccccc1)NC(=O)C(CN)CC(C)(C)C. The summed E-state index contributed by atoms with van der Waals surface area (Å²) in [5.41, 5.74) is 7.19. The van der Waals surface area contributed by atoms with Gasteiger partial charge in [0.2, 0.25) is 5.91 Å². The number of amides is 1. The molecule has 0 aliphatic carbocycles. The van der Waals surface area contributed by atoms with Crippen molar-refractivity contribution in [2.24, 2.45) is 17.1 Å². The molecule has 0 spiro atoms. The Bertz CT molecular complexity index is 423. The Labute approximate surface area is 129 Å². The van der Waals surface area contributed by atoms with Crippen molar-refractivity contribution in [3.05, 3.63) is 35.9 Å². The highest BCUT2D eigenvalue weighted by Crippen LogP contribution is 2.24. The molecule has 0 aromatic heterocycles. The van der Waals surface area contributed by atoms with E-state index in [2.05, 4.69) is 45.1 Å². The van der Waals surface area contributed by atoms with Crippen molar-refractivity contribution in [2.45, 2.75) is 53.0 Å². The van der Waals surface area contributed by atoms with Crippen LogP contribution in [0, 0.1) is 11.3 Å². The molecule has 118 valence electrons. The topological polar surface area (TPSA) is 55.1 Å². The molecule has 1 amide bonds. The highest BCUT2D eigenvalue weighted by atomic mass is 16.1. The fraction of sp³-hybridized carbons (Fsp3) is 0.611. The number of nitrogens with one attached hydrogen (secondary N) is 1. The van der Waals surface area contributed by atoms with Crippen LogP contribution in [0.4, 0.5) is 0 Å². The predicted molar refractivity (Wildman–Crippen MR) is 89.0 cm³/mol. The first kappa shape index (κ1) is 17.7. The van der Waals surface area contributed by atoms with Gasteiger partial charge in [0, 0.05) is 12.6 Å². The van der Waals surface area contributed by atoms with E-state index in [4.69, 9.17) is 5.73 Å². The van der Waals surface area contributed by atoms with Gasteiger partial charge in [-0.3, -0.25) is 4.79 Å². The summed E-state index contributed by atoms with van der Waals surface area (Å²) in [4.78, 5) is 12.3. The van der Waals surface area contributed by atoms with E-state index in [-0.39, 0.29) is 23.3 Å². The Morgan fingerprint density at radius 1 is 1.24 bits per heavy atom. The number of hydrogen-bond donors (Lipinski definition) is 2. The summed E-state index contributed by atoms with van der Waals surface area (Å²) in [6.07, 6.45) is 2.75. The maximum atomic E-state index is 12.3. The molecule has 0 fully saturated rings. The van der Waals surface area contributed by atoms with Crippen LogP contribution in [0.3, 0.4) is 0 Å². The maximum Gasteiger partial charge on any atom is 0.224 e. The van der Waals surface area contributed by atoms with Crippen LogP contribution < -0.4 is 11.1 Å². The van der Waals surface area contributed by atoms with Crippen molar-refractivity contribution in [3.63, 3.8) is 0 Å². The molecule has 1 aromatic rings. The van der Waals surface area contributed by atoms with Crippen LogP contribution >= 0.6 is 0 Å². The first-order valence-electron chi connectivity index (χ1n) is 7.86.